The van der Waals surface area contributed by atoms with Crippen molar-refractivity contribution >= 4 is 23.2 Å². The minimum absolute atomic E-state index is 0.0790. The van der Waals surface area contributed by atoms with Crippen molar-refractivity contribution in [3.63, 3.8) is 0 Å². The molecule has 1 aliphatic heterocycles. The Morgan fingerprint density at radius 3 is 2.79 bits per heavy atom. The Hall–Kier alpha value is -3.09. The van der Waals surface area contributed by atoms with Crippen molar-refractivity contribution in [1.29, 1.82) is 0 Å². The van der Waals surface area contributed by atoms with Gasteiger partial charge >= 0.3 is 0 Å². The van der Waals surface area contributed by atoms with Crippen molar-refractivity contribution in [2.45, 2.75) is 26.2 Å². The Bertz CT molecular complexity index is 927. The van der Waals surface area contributed by atoms with E-state index in [1.54, 1.807) is 0 Å². The predicted octanol–water partition coefficient (Wildman–Crippen LogP) is 2.87. The second kappa shape index (κ2) is 8.29. The fourth-order valence-electron chi connectivity index (χ4n) is 3.55. The van der Waals surface area contributed by atoms with Crippen LogP contribution in [0.25, 0.3) is 5.52 Å². The first kappa shape index (κ1) is 18.3. The van der Waals surface area contributed by atoms with Crippen LogP contribution in [-0.2, 0) is 0 Å². The summed E-state index contributed by atoms with van der Waals surface area (Å²) in [5.74, 6) is 1.52. The SMILES string of the molecule is Cc1cc(N2CCCCC2)nc(NCCNC(=O)c2cc3ccccn3c2)n1. The number of carbonyl (C=O) groups excluding carboxylic acids is 1. The monoisotopic (exact) mass is 378 g/mol. The van der Waals surface area contributed by atoms with Crippen LogP contribution in [0.1, 0.15) is 35.3 Å². The number of pyridine rings is 1. The fraction of sp³-hybridized carbons (Fsp3) is 0.381. The minimum Gasteiger partial charge on any atom is -0.356 e. The van der Waals surface area contributed by atoms with Gasteiger partial charge in [0.25, 0.3) is 5.91 Å². The highest BCUT2D eigenvalue weighted by Gasteiger charge is 2.14. The van der Waals surface area contributed by atoms with Gasteiger partial charge in [-0.25, -0.2) is 4.98 Å². The van der Waals surface area contributed by atoms with E-state index >= 15 is 0 Å². The highest BCUT2D eigenvalue weighted by molar-refractivity contribution is 5.95. The van der Waals surface area contributed by atoms with Crippen LogP contribution >= 0.6 is 0 Å². The lowest BCUT2D eigenvalue weighted by atomic mass is 10.1. The third-order valence-electron chi connectivity index (χ3n) is 4.98. The lowest BCUT2D eigenvalue weighted by molar-refractivity contribution is 0.0955. The maximum atomic E-state index is 12.4. The van der Waals surface area contributed by atoms with E-state index in [2.05, 4.69) is 25.5 Å². The number of rotatable bonds is 6. The maximum Gasteiger partial charge on any atom is 0.252 e. The van der Waals surface area contributed by atoms with Crippen molar-refractivity contribution in [2.75, 3.05) is 36.4 Å². The number of carbonyl (C=O) groups is 1. The van der Waals surface area contributed by atoms with Crippen LogP contribution in [0.15, 0.2) is 42.7 Å². The molecule has 1 aliphatic rings. The summed E-state index contributed by atoms with van der Waals surface area (Å²) in [4.78, 5) is 23.8. The number of nitrogens with one attached hydrogen (secondary N) is 2. The number of hydrogen-bond acceptors (Lipinski definition) is 5. The molecule has 3 aromatic heterocycles. The van der Waals surface area contributed by atoms with Gasteiger partial charge in [0.05, 0.1) is 5.56 Å². The lowest BCUT2D eigenvalue weighted by Crippen LogP contribution is -2.31. The molecule has 4 rings (SSSR count). The topological polar surface area (TPSA) is 74.6 Å². The van der Waals surface area contributed by atoms with E-state index < -0.39 is 0 Å². The standard InChI is InChI=1S/C21H26N6O/c1-16-13-19(26-10-4-2-5-11-26)25-21(24-16)23-9-8-22-20(28)17-14-18-7-3-6-12-27(18)15-17/h3,6-7,12-15H,2,4-5,8-11H2,1H3,(H,22,28)(H,23,24,25). The van der Waals surface area contributed by atoms with E-state index in [0.29, 0.717) is 24.6 Å². The van der Waals surface area contributed by atoms with E-state index in [1.807, 2.05) is 54.0 Å². The number of piperidine rings is 1. The molecule has 0 saturated carbocycles. The summed E-state index contributed by atoms with van der Waals surface area (Å²) < 4.78 is 1.94. The van der Waals surface area contributed by atoms with Gasteiger partial charge < -0.3 is 19.9 Å². The Labute approximate surface area is 164 Å². The second-order valence-corrected chi connectivity index (χ2v) is 7.18. The van der Waals surface area contributed by atoms with Crippen LogP contribution in [0, 0.1) is 6.92 Å². The summed E-state index contributed by atoms with van der Waals surface area (Å²) in [6.45, 7) is 5.17. The molecule has 0 bridgehead atoms. The lowest BCUT2D eigenvalue weighted by Gasteiger charge is -2.28. The summed E-state index contributed by atoms with van der Waals surface area (Å²) in [5.41, 5.74) is 2.61. The molecule has 7 nitrogen and oxygen atoms in total. The number of nitrogens with zero attached hydrogens (tertiary/aromatic N) is 4. The van der Waals surface area contributed by atoms with Gasteiger partial charge in [0.1, 0.15) is 5.82 Å². The van der Waals surface area contributed by atoms with Crippen LogP contribution in [0.2, 0.25) is 0 Å². The first-order valence-corrected chi connectivity index (χ1v) is 9.88. The molecule has 4 heterocycles. The van der Waals surface area contributed by atoms with Crippen LogP contribution in [-0.4, -0.2) is 46.5 Å². The van der Waals surface area contributed by atoms with E-state index in [4.69, 9.17) is 0 Å². The van der Waals surface area contributed by atoms with Gasteiger partial charge in [-0.2, -0.15) is 4.98 Å². The quantitative estimate of drug-likeness (QED) is 0.645. The Morgan fingerprint density at radius 1 is 1.11 bits per heavy atom. The number of fused-ring (bicyclic) bond motifs is 1. The first-order chi connectivity index (χ1) is 13.7. The van der Waals surface area contributed by atoms with Crippen molar-refractivity contribution in [1.82, 2.24) is 19.7 Å². The zero-order valence-electron chi connectivity index (χ0n) is 16.2. The maximum absolute atomic E-state index is 12.4. The molecule has 1 saturated heterocycles. The molecule has 0 spiro atoms. The molecule has 7 heteroatoms. The Kier molecular flexibility index (Phi) is 5.41. The van der Waals surface area contributed by atoms with Gasteiger partial charge in [-0.15, -0.1) is 0 Å². The van der Waals surface area contributed by atoms with Crippen LogP contribution in [0.4, 0.5) is 11.8 Å². The zero-order chi connectivity index (χ0) is 19.3. The number of aryl methyl sites for hydroxylation is 1. The second-order valence-electron chi connectivity index (χ2n) is 7.18. The Morgan fingerprint density at radius 2 is 1.96 bits per heavy atom. The molecular weight excluding hydrogens is 352 g/mol. The average Bonchev–Trinajstić information content (AvgIpc) is 3.16. The number of amides is 1. The van der Waals surface area contributed by atoms with Gasteiger partial charge in [0.2, 0.25) is 5.95 Å². The molecule has 146 valence electrons. The molecule has 0 aromatic carbocycles. The van der Waals surface area contributed by atoms with E-state index in [-0.39, 0.29) is 5.91 Å². The highest BCUT2D eigenvalue weighted by atomic mass is 16.1. The molecule has 1 amide bonds. The molecule has 0 unspecified atom stereocenters. The van der Waals surface area contributed by atoms with Crippen LogP contribution in [0.3, 0.4) is 0 Å². The first-order valence-electron chi connectivity index (χ1n) is 9.88. The fourth-order valence-corrected chi connectivity index (χ4v) is 3.55. The average molecular weight is 378 g/mol. The molecule has 28 heavy (non-hydrogen) atoms. The minimum atomic E-state index is -0.0790. The smallest absolute Gasteiger partial charge is 0.252 e. The van der Waals surface area contributed by atoms with E-state index in [9.17, 15) is 4.79 Å². The molecule has 0 aliphatic carbocycles. The molecule has 1 fully saturated rings. The van der Waals surface area contributed by atoms with Gasteiger partial charge in [-0.3, -0.25) is 4.79 Å². The third-order valence-corrected chi connectivity index (χ3v) is 4.98. The summed E-state index contributed by atoms with van der Waals surface area (Å²) in [5, 5.41) is 6.17. The molecule has 3 aromatic rings. The van der Waals surface area contributed by atoms with Crippen molar-refractivity contribution in [2.24, 2.45) is 0 Å². The molecular formula is C21H26N6O. The van der Waals surface area contributed by atoms with Crippen molar-refractivity contribution in [3.05, 3.63) is 54.0 Å². The summed E-state index contributed by atoms with van der Waals surface area (Å²) in [7, 11) is 0. The van der Waals surface area contributed by atoms with Gasteiger partial charge in [-0.05, 0) is 44.4 Å². The predicted molar refractivity (Wildman–Crippen MR) is 111 cm³/mol. The van der Waals surface area contributed by atoms with Gasteiger partial charge in [0.15, 0.2) is 0 Å². The molecule has 2 N–H and O–H groups in total. The van der Waals surface area contributed by atoms with Crippen LogP contribution in [0.5, 0.6) is 0 Å². The van der Waals surface area contributed by atoms with Gasteiger partial charge in [-0.1, -0.05) is 6.07 Å². The summed E-state index contributed by atoms with van der Waals surface area (Å²) in [6.07, 6.45) is 7.50. The molecule has 0 radical (unpaired) electrons. The van der Waals surface area contributed by atoms with Gasteiger partial charge in [0, 0.05) is 55.8 Å². The number of anilines is 2. The van der Waals surface area contributed by atoms with Crippen LogP contribution < -0.4 is 15.5 Å². The molecule has 0 atom stereocenters. The largest absolute Gasteiger partial charge is 0.356 e. The zero-order valence-corrected chi connectivity index (χ0v) is 16.2. The summed E-state index contributed by atoms with van der Waals surface area (Å²) >= 11 is 0. The normalized spacial score (nSPS) is 14.2. The third kappa shape index (κ3) is 4.24. The number of hydrogen-bond donors (Lipinski definition) is 2. The van der Waals surface area contributed by atoms with Crippen molar-refractivity contribution in [3.8, 4) is 0 Å². The Balaban J connectivity index is 1.31. The highest BCUT2D eigenvalue weighted by Crippen LogP contribution is 2.19. The van der Waals surface area contributed by atoms with E-state index in [0.717, 1.165) is 30.1 Å². The summed E-state index contributed by atoms with van der Waals surface area (Å²) in [6, 6.07) is 9.81. The van der Waals surface area contributed by atoms with E-state index in [1.165, 1.54) is 19.3 Å². The number of aromatic nitrogens is 3. The van der Waals surface area contributed by atoms with Crippen molar-refractivity contribution < 1.29 is 4.79 Å².